The first-order valence-electron chi connectivity index (χ1n) is 7.74. The second-order valence-electron chi connectivity index (χ2n) is 5.74. The predicted octanol–water partition coefficient (Wildman–Crippen LogP) is 3.52. The van der Waals surface area contributed by atoms with Crippen LogP contribution in [0, 0.1) is 0 Å². The lowest BCUT2D eigenvalue weighted by molar-refractivity contribution is 0.250. The number of rotatable bonds is 3. The zero-order chi connectivity index (χ0) is 15.6. The van der Waals surface area contributed by atoms with Gasteiger partial charge in [0, 0.05) is 19.4 Å². The minimum Gasteiger partial charge on any atom is -0.326 e. The topological polar surface area (TPSA) is 33.4 Å². The first-order valence-corrected chi connectivity index (χ1v) is 7.74. The van der Waals surface area contributed by atoms with E-state index in [4.69, 9.17) is 5.10 Å². The van der Waals surface area contributed by atoms with E-state index in [0.29, 0.717) is 0 Å². The summed E-state index contributed by atoms with van der Waals surface area (Å²) in [6.45, 7) is 0. The molecule has 0 radical (unpaired) electrons. The molecule has 0 aliphatic carbocycles. The minimum atomic E-state index is 0.104. The SMILES string of the molecule is CN1N=C(c2ccccc2)C(n2ccnc2)C1c1ccccc1. The van der Waals surface area contributed by atoms with Crippen LogP contribution < -0.4 is 0 Å². The number of likely N-dealkylation sites (N-methyl/N-ethyl adjacent to an activating group) is 1. The third kappa shape index (κ3) is 2.42. The van der Waals surface area contributed by atoms with Crippen molar-refractivity contribution in [1.82, 2.24) is 14.6 Å². The van der Waals surface area contributed by atoms with Crippen LogP contribution in [0.3, 0.4) is 0 Å². The molecule has 1 aliphatic rings. The van der Waals surface area contributed by atoms with Crippen LogP contribution in [0.4, 0.5) is 0 Å². The second-order valence-corrected chi connectivity index (χ2v) is 5.74. The lowest BCUT2D eigenvalue weighted by atomic mass is 9.93. The van der Waals surface area contributed by atoms with Gasteiger partial charge in [-0.05, 0) is 11.1 Å². The van der Waals surface area contributed by atoms with Crippen LogP contribution in [-0.2, 0) is 0 Å². The predicted molar refractivity (Wildman–Crippen MR) is 91.2 cm³/mol. The Morgan fingerprint density at radius 3 is 2.22 bits per heavy atom. The molecule has 114 valence electrons. The van der Waals surface area contributed by atoms with Gasteiger partial charge in [-0.25, -0.2) is 4.98 Å². The molecule has 2 unspecified atom stereocenters. The monoisotopic (exact) mass is 302 g/mol. The van der Waals surface area contributed by atoms with Crippen molar-refractivity contribution in [2.75, 3.05) is 7.05 Å². The molecule has 23 heavy (non-hydrogen) atoms. The maximum absolute atomic E-state index is 4.86. The Balaban J connectivity index is 1.83. The number of hydrogen-bond donors (Lipinski definition) is 0. The standard InChI is InChI=1S/C19H18N4/c1-22-18(16-10-6-3-7-11-16)19(23-13-12-20-14-23)17(21-22)15-8-4-2-5-9-15/h2-14,18-19H,1H3. The molecule has 0 fully saturated rings. The van der Waals surface area contributed by atoms with Gasteiger partial charge in [-0.1, -0.05) is 60.7 Å². The number of imidazole rings is 1. The van der Waals surface area contributed by atoms with E-state index in [1.54, 1.807) is 0 Å². The third-order valence-electron chi connectivity index (χ3n) is 4.30. The lowest BCUT2D eigenvalue weighted by Crippen LogP contribution is -2.26. The molecule has 0 spiro atoms. The zero-order valence-corrected chi connectivity index (χ0v) is 12.9. The maximum Gasteiger partial charge on any atom is 0.105 e. The van der Waals surface area contributed by atoms with E-state index in [1.165, 1.54) is 5.56 Å². The van der Waals surface area contributed by atoms with Gasteiger partial charge >= 0.3 is 0 Å². The number of hydrazone groups is 1. The average Bonchev–Trinajstić information content (AvgIpc) is 3.24. The van der Waals surface area contributed by atoms with Crippen molar-refractivity contribution >= 4 is 5.71 Å². The molecule has 3 aromatic rings. The molecule has 0 amide bonds. The molecule has 2 aromatic carbocycles. The molecule has 2 atom stereocenters. The van der Waals surface area contributed by atoms with E-state index < -0.39 is 0 Å². The molecular formula is C19H18N4. The van der Waals surface area contributed by atoms with Crippen molar-refractivity contribution in [2.24, 2.45) is 5.10 Å². The molecule has 0 bridgehead atoms. The van der Waals surface area contributed by atoms with E-state index in [2.05, 4.69) is 63.1 Å². The van der Waals surface area contributed by atoms with Crippen LogP contribution >= 0.6 is 0 Å². The van der Waals surface area contributed by atoms with E-state index in [9.17, 15) is 0 Å². The van der Waals surface area contributed by atoms with Crippen molar-refractivity contribution in [1.29, 1.82) is 0 Å². The average molecular weight is 302 g/mol. The fraction of sp³-hybridized carbons (Fsp3) is 0.158. The van der Waals surface area contributed by atoms with Crippen LogP contribution in [0.25, 0.3) is 0 Å². The van der Waals surface area contributed by atoms with Gasteiger partial charge in [-0.15, -0.1) is 0 Å². The largest absolute Gasteiger partial charge is 0.326 e. The van der Waals surface area contributed by atoms with Gasteiger partial charge in [0.25, 0.3) is 0 Å². The second kappa shape index (κ2) is 5.72. The van der Waals surface area contributed by atoms with Gasteiger partial charge in [0.2, 0.25) is 0 Å². The van der Waals surface area contributed by atoms with Gasteiger partial charge in [0.1, 0.15) is 6.04 Å². The highest BCUT2D eigenvalue weighted by Gasteiger charge is 2.38. The summed E-state index contributed by atoms with van der Waals surface area (Å²) in [4.78, 5) is 4.24. The lowest BCUT2D eigenvalue weighted by Gasteiger charge is -2.26. The van der Waals surface area contributed by atoms with Gasteiger partial charge in [0.15, 0.2) is 0 Å². The van der Waals surface area contributed by atoms with E-state index in [-0.39, 0.29) is 12.1 Å². The smallest absolute Gasteiger partial charge is 0.105 e. The minimum absolute atomic E-state index is 0.104. The highest BCUT2D eigenvalue weighted by molar-refractivity contribution is 6.04. The zero-order valence-electron chi connectivity index (χ0n) is 12.9. The van der Waals surface area contributed by atoms with Gasteiger partial charge in [0.05, 0.1) is 18.1 Å². The number of aromatic nitrogens is 2. The van der Waals surface area contributed by atoms with Crippen molar-refractivity contribution in [3.63, 3.8) is 0 Å². The van der Waals surface area contributed by atoms with Crippen molar-refractivity contribution < 1.29 is 0 Å². The Morgan fingerprint density at radius 1 is 0.870 bits per heavy atom. The van der Waals surface area contributed by atoms with Gasteiger partial charge in [-0.3, -0.25) is 5.01 Å². The molecule has 1 aromatic heterocycles. The van der Waals surface area contributed by atoms with Crippen molar-refractivity contribution in [3.8, 4) is 0 Å². The van der Waals surface area contributed by atoms with E-state index >= 15 is 0 Å². The van der Waals surface area contributed by atoms with Crippen molar-refractivity contribution in [3.05, 3.63) is 90.5 Å². The third-order valence-corrected chi connectivity index (χ3v) is 4.30. The van der Waals surface area contributed by atoms with Gasteiger partial charge in [-0.2, -0.15) is 5.10 Å². The van der Waals surface area contributed by atoms with E-state index in [0.717, 1.165) is 11.3 Å². The Hall–Kier alpha value is -2.88. The highest BCUT2D eigenvalue weighted by Crippen LogP contribution is 2.39. The van der Waals surface area contributed by atoms with Crippen LogP contribution in [0.5, 0.6) is 0 Å². The molecule has 4 rings (SSSR count). The molecule has 0 saturated heterocycles. The summed E-state index contributed by atoms with van der Waals surface area (Å²) in [6, 6.07) is 21.2. The van der Waals surface area contributed by atoms with Crippen LogP contribution in [-0.4, -0.2) is 27.3 Å². The summed E-state index contributed by atoms with van der Waals surface area (Å²) in [5, 5.41) is 6.91. The molecule has 1 aliphatic heterocycles. The first kappa shape index (κ1) is 13.8. The Bertz CT molecular complexity index is 794. The summed E-state index contributed by atoms with van der Waals surface area (Å²) >= 11 is 0. The Morgan fingerprint density at radius 2 is 1.57 bits per heavy atom. The molecular weight excluding hydrogens is 284 g/mol. The summed E-state index contributed by atoms with van der Waals surface area (Å²) in [5.74, 6) is 0. The number of hydrogen-bond acceptors (Lipinski definition) is 3. The highest BCUT2D eigenvalue weighted by atomic mass is 15.5. The van der Waals surface area contributed by atoms with Crippen LogP contribution in [0.15, 0.2) is 84.5 Å². The molecule has 0 N–H and O–H groups in total. The summed E-state index contributed by atoms with van der Waals surface area (Å²) in [6.07, 6.45) is 5.71. The molecule has 4 nitrogen and oxygen atoms in total. The Kier molecular flexibility index (Phi) is 3.42. The Labute approximate surface area is 135 Å². The summed E-state index contributed by atoms with van der Waals surface area (Å²) in [5.41, 5.74) is 3.47. The fourth-order valence-electron chi connectivity index (χ4n) is 3.27. The van der Waals surface area contributed by atoms with Gasteiger partial charge < -0.3 is 4.57 Å². The van der Waals surface area contributed by atoms with Crippen LogP contribution in [0.2, 0.25) is 0 Å². The van der Waals surface area contributed by atoms with E-state index in [1.807, 2.05) is 37.9 Å². The number of nitrogens with zero attached hydrogens (tertiary/aromatic N) is 4. The molecule has 4 heteroatoms. The molecule has 0 saturated carbocycles. The normalized spacial score (nSPS) is 20.6. The summed E-state index contributed by atoms with van der Waals surface area (Å²) < 4.78 is 2.15. The van der Waals surface area contributed by atoms with Crippen molar-refractivity contribution in [2.45, 2.75) is 12.1 Å². The quantitative estimate of drug-likeness (QED) is 0.742. The summed E-state index contributed by atoms with van der Waals surface area (Å²) in [7, 11) is 2.04. The first-order chi connectivity index (χ1) is 11.3. The molecule has 2 heterocycles. The van der Waals surface area contributed by atoms with Crippen LogP contribution in [0.1, 0.15) is 23.2 Å². The maximum atomic E-state index is 4.86. The fourth-order valence-corrected chi connectivity index (χ4v) is 3.27. The number of benzene rings is 2.